The summed E-state index contributed by atoms with van der Waals surface area (Å²) in [5, 5.41) is 25.6. The first-order chi connectivity index (χ1) is 16.5. The predicted molar refractivity (Wildman–Crippen MR) is 126 cm³/mol. The molecule has 1 aliphatic heterocycles. The van der Waals surface area contributed by atoms with E-state index < -0.39 is 6.61 Å². The third kappa shape index (κ3) is 3.64. The Labute approximate surface area is 197 Å². The number of nitrogens with one attached hydrogen (secondary N) is 1. The summed E-state index contributed by atoms with van der Waals surface area (Å²) in [4.78, 5) is 13.6. The predicted octanol–water partition coefficient (Wildman–Crippen LogP) is 4.12. The summed E-state index contributed by atoms with van der Waals surface area (Å²) in [5.41, 5.74) is 1.63. The molecule has 1 fully saturated rings. The van der Waals surface area contributed by atoms with Gasteiger partial charge in [-0.15, -0.1) is 0 Å². The van der Waals surface area contributed by atoms with Gasteiger partial charge in [0.1, 0.15) is 5.75 Å². The molecule has 0 aromatic heterocycles. The first-order valence-electron chi connectivity index (χ1n) is 11.3. The summed E-state index contributed by atoms with van der Waals surface area (Å²) in [5.74, 6) is 1.55. The fourth-order valence-electron chi connectivity index (χ4n) is 4.93. The topological polar surface area (TPSA) is 106 Å². The summed E-state index contributed by atoms with van der Waals surface area (Å²) < 4.78 is 22.0. The van der Waals surface area contributed by atoms with E-state index in [4.69, 9.17) is 18.9 Å². The van der Waals surface area contributed by atoms with Crippen LogP contribution in [-0.2, 0) is 6.61 Å². The van der Waals surface area contributed by atoms with E-state index >= 15 is 0 Å². The monoisotopic (exact) mass is 465 g/mol. The molecule has 0 bridgehead atoms. The lowest BCUT2D eigenvalue weighted by Crippen LogP contribution is -2.33. The van der Waals surface area contributed by atoms with E-state index in [1.807, 2.05) is 6.07 Å². The highest BCUT2D eigenvalue weighted by Crippen LogP contribution is 2.47. The quantitative estimate of drug-likeness (QED) is 0.503. The second kappa shape index (κ2) is 8.95. The van der Waals surface area contributed by atoms with Crippen LogP contribution in [0.15, 0.2) is 30.3 Å². The van der Waals surface area contributed by atoms with Crippen LogP contribution in [0.5, 0.6) is 28.7 Å². The number of hydrogen-bond acceptors (Lipinski definition) is 7. The van der Waals surface area contributed by atoms with Gasteiger partial charge in [-0.25, -0.2) is 0 Å². The van der Waals surface area contributed by atoms with Crippen molar-refractivity contribution < 1.29 is 34.0 Å². The number of benzene rings is 3. The van der Waals surface area contributed by atoms with Gasteiger partial charge in [-0.2, -0.15) is 0 Å². The minimum absolute atomic E-state index is 0.0619. The third-order valence-corrected chi connectivity index (χ3v) is 6.62. The number of methoxy groups -OCH3 is 2. The minimum Gasteiger partial charge on any atom is -0.507 e. The van der Waals surface area contributed by atoms with Crippen LogP contribution >= 0.6 is 0 Å². The molecule has 1 saturated carbocycles. The van der Waals surface area contributed by atoms with Crippen molar-refractivity contribution >= 4 is 16.7 Å². The molecule has 3 aromatic carbocycles. The molecule has 8 heteroatoms. The van der Waals surface area contributed by atoms with Gasteiger partial charge >= 0.3 is 0 Å². The fraction of sp³-hybridized carbons (Fsp3) is 0.346. The van der Waals surface area contributed by atoms with E-state index in [0.29, 0.717) is 44.9 Å². The number of aliphatic hydroxyl groups is 1. The summed E-state index contributed by atoms with van der Waals surface area (Å²) in [6.45, 7) is -0.391. The third-order valence-electron chi connectivity index (χ3n) is 6.62. The lowest BCUT2D eigenvalue weighted by molar-refractivity contribution is 0.0935. The first kappa shape index (κ1) is 22.2. The zero-order chi connectivity index (χ0) is 23.8. The van der Waals surface area contributed by atoms with Crippen LogP contribution in [0.4, 0.5) is 0 Å². The zero-order valence-corrected chi connectivity index (χ0v) is 19.1. The lowest BCUT2D eigenvalue weighted by atomic mass is 9.87. The number of amides is 1. The maximum absolute atomic E-state index is 13.6. The molecule has 3 N–H and O–H groups in total. The van der Waals surface area contributed by atoms with Gasteiger partial charge in [0.05, 0.1) is 26.4 Å². The molecule has 1 heterocycles. The molecular formula is C26H27NO7. The molecule has 0 atom stereocenters. The van der Waals surface area contributed by atoms with Crippen molar-refractivity contribution in [2.24, 2.45) is 0 Å². The van der Waals surface area contributed by atoms with Crippen molar-refractivity contribution in [3.63, 3.8) is 0 Å². The highest BCUT2D eigenvalue weighted by atomic mass is 16.7. The number of ether oxygens (including phenoxy) is 4. The van der Waals surface area contributed by atoms with Crippen LogP contribution in [0, 0.1) is 0 Å². The van der Waals surface area contributed by atoms with Crippen LogP contribution in [0.25, 0.3) is 21.9 Å². The maximum Gasteiger partial charge on any atom is 0.252 e. The average molecular weight is 466 g/mol. The lowest BCUT2D eigenvalue weighted by Gasteiger charge is -2.22. The van der Waals surface area contributed by atoms with Crippen molar-refractivity contribution in [2.75, 3.05) is 21.0 Å². The average Bonchev–Trinajstić information content (AvgIpc) is 3.54. The van der Waals surface area contributed by atoms with E-state index in [-0.39, 0.29) is 35.6 Å². The number of rotatable bonds is 6. The molecule has 0 spiro atoms. The number of aromatic hydroxyl groups is 1. The molecule has 1 amide bonds. The molecule has 2 aliphatic rings. The number of aliphatic hydroxyl groups excluding tert-OH is 1. The Bertz CT molecular complexity index is 1260. The number of carbonyl (C=O) groups excluding carboxylic acids is 1. The summed E-state index contributed by atoms with van der Waals surface area (Å²) in [7, 11) is 3.04. The molecule has 3 aromatic rings. The van der Waals surface area contributed by atoms with Crippen molar-refractivity contribution in [1.82, 2.24) is 5.32 Å². The second-order valence-corrected chi connectivity index (χ2v) is 8.51. The maximum atomic E-state index is 13.6. The molecule has 178 valence electrons. The van der Waals surface area contributed by atoms with Gasteiger partial charge in [-0.05, 0) is 48.1 Å². The van der Waals surface area contributed by atoms with E-state index in [9.17, 15) is 15.0 Å². The molecule has 0 unspecified atom stereocenters. The molecule has 5 rings (SSSR count). The number of carbonyl (C=O) groups is 1. The first-order valence-corrected chi connectivity index (χ1v) is 11.3. The molecule has 0 radical (unpaired) electrons. The number of hydrogen-bond donors (Lipinski definition) is 3. The fourth-order valence-corrected chi connectivity index (χ4v) is 4.93. The van der Waals surface area contributed by atoms with E-state index in [0.717, 1.165) is 25.7 Å². The van der Waals surface area contributed by atoms with E-state index in [1.165, 1.54) is 14.2 Å². The Morgan fingerprint density at radius 1 is 1.03 bits per heavy atom. The van der Waals surface area contributed by atoms with E-state index in [1.54, 1.807) is 24.3 Å². The van der Waals surface area contributed by atoms with Crippen LogP contribution in [-0.4, -0.2) is 43.2 Å². The Morgan fingerprint density at radius 3 is 2.38 bits per heavy atom. The van der Waals surface area contributed by atoms with Gasteiger partial charge in [0.25, 0.3) is 5.91 Å². The Kier molecular flexibility index (Phi) is 5.83. The molecular weight excluding hydrogens is 438 g/mol. The van der Waals surface area contributed by atoms with Gasteiger partial charge in [-0.3, -0.25) is 4.79 Å². The number of fused-ring (bicyclic) bond motifs is 2. The summed E-state index contributed by atoms with van der Waals surface area (Å²) in [6.07, 6.45) is 3.94. The normalized spacial score (nSPS) is 15.0. The van der Waals surface area contributed by atoms with Crippen LogP contribution in [0.3, 0.4) is 0 Å². The van der Waals surface area contributed by atoms with Crippen LogP contribution in [0.2, 0.25) is 0 Å². The van der Waals surface area contributed by atoms with Crippen LogP contribution in [0.1, 0.15) is 41.6 Å². The van der Waals surface area contributed by atoms with Crippen molar-refractivity contribution in [3.8, 4) is 39.9 Å². The van der Waals surface area contributed by atoms with Gasteiger partial charge in [0, 0.05) is 22.6 Å². The standard InChI is InChI=1S/C26H27NO7/c1-31-20-10-16-17(11-21(20)32-2)25(29)18(12-28)24(26(30)27-15-5-3-4-6-15)23(16)14-7-8-19-22(9-14)34-13-33-19/h7-11,15,28-29H,3-6,12-13H2,1-2H3,(H,27,30). The highest BCUT2D eigenvalue weighted by Gasteiger charge is 2.29. The van der Waals surface area contributed by atoms with Crippen molar-refractivity contribution in [1.29, 1.82) is 0 Å². The van der Waals surface area contributed by atoms with E-state index in [2.05, 4.69) is 5.32 Å². The Hall–Kier alpha value is -3.65. The zero-order valence-electron chi connectivity index (χ0n) is 19.1. The molecule has 8 nitrogen and oxygen atoms in total. The molecule has 34 heavy (non-hydrogen) atoms. The SMILES string of the molecule is COc1cc2c(O)c(CO)c(C(=O)NC3CCCC3)c(-c3ccc4c(c3)OCO4)c2cc1OC. The van der Waals surface area contributed by atoms with Gasteiger partial charge in [0.15, 0.2) is 23.0 Å². The van der Waals surface area contributed by atoms with Crippen molar-refractivity contribution in [3.05, 3.63) is 41.5 Å². The Balaban J connectivity index is 1.82. The molecule has 1 aliphatic carbocycles. The minimum atomic E-state index is -0.513. The summed E-state index contributed by atoms with van der Waals surface area (Å²) in [6, 6.07) is 8.88. The van der Waals surface area contributed by atoms with Gasteiger partial charge < -0.3 is 34.5 Å². The second-order valence-electron chi connectivity index (χ2n) is 8.51. The van der Waals surface area contributed by atoms with Crippen molar-refractivity contribution in [2.45, 2.75) is 38.3 Å². The smallest absolute Gasteiger partial charge is 0.252 e. The summed E-state index contributed by atoms with van der Waals surface area (Å²) >= 11 is 0. The molecule has 0 saturated heterocycles. The van der Waals surface area contributed by atoms with Crippen LogP contribution < -0.4 is 24.3 Å². The largest absolute Gasteiger partial charge is 0.507 e. The van der Waals surface area contributed by atoms with Gasteiger partial charge in [0.2, 0.25) is 6.79 Å². The Morgan fingerprint density at radius 2 is 1.71 bits per heavy atom. The van der Waals surface area contributed by atoms with Gasteiger partial charge in [-0.1, -0.05) is 18.9 Å². The highest BCUT2D eigenvalue weighted by molar-refractivity contribution is 6.14. The number of phenols is 1.